The maximum Gasteiger partial charge on any atom is 0.159 e. The molecule has 0 saturated carbocycles. The van der Waals surface area contributed by atoms with Crippen LogP contribution in [0.25, 0.3) is 0 Å². The minimum atomic E-state index is 0.0506. The van der Waals surface area contributed by atoms with Gasteiger partial charge < -0.3 is 4.90 Å². The molecule has 4 heteroatoms. The third-order valence-electron chi connectivity index (χ3n) is 5.46. The molecule has 0 aromatic heterocycles. The molecule has 3 aromatic rings. The van der Waals surface area contributed by atoms with Gasteiger partial charge in [-0.1, -0.05) is 24.3 Å². The standard InChI is InChI=1S/C24H23N3O/c1-16-17(2)24(27-14-20-6-4-5-7-21(20)15-27)13-12-23(16)26-25-22-10-8-19(9-11-22)18(3)28/h4-13H,14-15H2,1-3H3. The summed E-state index contributed by atoms with van der Waals surface area (Å²) in [5.41, 5.74) is 8.71. The van der Waals surface area contributed by atoms with Crippen LogP contribution in [0, 0.1) is 13.8 Å². The molecule has 0 spiro atoms. The summed E-state index contributed by atoms with van der Waals surface area (Å²) < 4.78 is 0. The number of fused-ring (bicyclic) bond motifs is 1. The summed E-state index contributed by atoms with van der Waals surface area (Å²) in [6, 6.07) is 20.0. The smallest absolute Gasteiger partial charge is 0.159 e. The van der Waals surface area contributed by atoms with Crippen LogP contribution >= 0.6 is 0 Å². The van der Waals surface area contributed by atoms with E-state index in [2.05, 4.69) is 59.3 Å². The Labute approximate surface area is 165 Å². The Morgan fingerprint density at radius 3 is 2.07 bits per heavy atom. The number of hydrogen-bond acceptors (Lipinski definition) is 4. The molecule has 1 aliphatic heterocycles. The highest BCUT2D eigenvalue weighted by molar-refractivity contribution is 5.94. The zero-order valence-corrected chi connectivity index (χ0v) is 16.4. The maximum atomic E-state index is 11.4. The molecule has 0 unspecified atom stereocenters. The van der Waals surface area contributed by atoms with Crippen molar-refractivity contribution >= 4 is 22.8 Å². The van der Waals surface area contributed by atoms with E-state index in [1.165, 1.54) is 22.4 Å². The minimum absolute atomic E-state index is 0.0506. The summed E-state index contributed by atoms with van der Waals surface area (Å²) in [6.45, 7) is 7.69. The number of hydrogen-bond donors (Lipinski definition) is 0. The van der Waals surface area contributed by atoms with Crippen molar-refractivity contribution in [2.24, 2.45) is 10.2 Å². The Morgan fingerprint density at radius 2 is 1.46 bits per heavy atom. The highest BCUT2D eigenvalue weighted by Gasteiger charge is 2.20. The molecule has 0 saturated heterocycles. The summed E-state index contributed by atoms with van der Waals surface area (Å²) >= 11 is 0. The number of carbonyl (C=O) groups is 1. The van der Waals surface area contributed by atoms with E-state index in [-0.39, 0.29) is 5.78 Å². The van der Waals surface area contributed by atoms with E-state index in [0.717, 1.165) is 30.0 Å². The molecule has 28 heavy (non-hydrogen) atoms. The number of ketones is 1. The van der Waals surface area contributed by atoms with Crippen LogP contribution in [0.3, 0.4) is 0 Å². The lowest BCUT2D eigenvalue weighted by Crippen LogP contribution is -2.16. The topological polar surface area (TPSA) is 45.0 Å². The molecule has 0 bridgehead atoms. The van der Waals surface area contributed by atoms with Crippen molar-refractivity contribution in [1.29, 1.82) is 0 Å². The Bertz CT molecular complexity index is 1040. The average molecular weight is 369 g/mol. The van der Waals surface area contributed by atoms with Crippen LogP contribution in [0.1, 0.15) is 39.5 Å². The van der Waals surface area contributed by atoms with Crippen molar-refractivity contribution in [3.63, 3.8) is 0 Å². The van der Waals surface area contributed by atoms with Crippen LogP contribution in [0.4, 0.5) is 17.1 Å². The van der Waals surface area contributed by atoms with Gasteiger partial charge in [-0.2, -0.15) is 10.2 Å². The number of nitrogens with zero attached hydrogens (tertiary/aromatic N) is 3. The molecule has 0 atom stereocenters. The molecule has 140 valence electrons. The first-order valence-electron chi connectivity index (χ1n) is 9.47. The lowest BCUT2D eigenvalue weighted by Gasteiger charge is -2.22. The third-order valence-corrected chi connectivity index (χ3v) is 5.46. The van der Waals surface area contributed by atoms with Gasteiger partial charge in [0.2, 0.25) is 0 Å². The number of carbonyl (C=O) groups excluding carboxylic acids is 1. The van der Waals surface area contributed by atoms with E-state index in [1.54, 1.807) is 19.1 Å². The zero-order valence-electron chi connectivity index (χ0n) is 16.4. The summed E-state index contributed by atoms with van der Waals surface area (Å²) in [7, 11) is 0. The molecule has 3 aromatic carbocycles. The highest BCUT2D eigenvalue weighted by atomic mass is 16.1. The molecule has 0 amide bonds. The molecule has 0 radical (unpaired) electrons. The fourth-order valence-corrected chi connectivity index (χ4v) is 3.62. The number of anilines is 1. The molecule has 1 aliphatic rings. The molecule has 4 nitrogen and oxygen atoms in total. The molecule has 1 heterocycles. The third kappa shape index (κ3) is 3.46. The van der Waals surface area contributed by atoms with Crippen LogP contribution in [0.2, 0.25) is 0 Å². The van der Waals surface area contributed by atoms with Crippen molar-refractivity contribution in [3.05, 3.63) is 88.5 Å². The van der Waals surface area contributed by atoms with E-state index < -0.39 is 0 Å². The van der Waals surface area contributed by atoms with Gasteiger partial charge in [0, 0.05) is 24.3 Å². The van der Waals surface area contributed by atoms with Crippen LogP contribution in [-0.2, 0) is 13.1 Å². The fraction of sp³-hybridized carbons (Fsp3) is 0.208. The Morgan fingerprint density at radius 1 is 0.821 bits per heavy atom. The minimum Gasteiger partial charge on any atom is -0.363 e. The second-order valence-electron chi connectivity index (χ2n) is 7.28. The highest BCUT2D eigenvalue weighted by Crippen LogP contribution is 2.35. The van der Waals surface area contributed by atoms with E-state index >= 15 is 0 Å². The predicted octanol–water partition coefficient (Wildman–Crippen LogP) is 6.44. The maximum absolute atomic E-state index is 11.4. The van der Waals surface area contributed by atoms with Gasteiger partial charge in [-0.25, -0.2) is 0 Å². The second-order valence-corrected chi connectivity index (χ2v) is 7.28. The van der Waals surface area contributed by atoms with Crippen molar-refractivity contribution in [3.8, 4) is 0 Å². The van der Waals surface area contributed by atoms with Crippen LogP contribution in [-0.4, -0.2) is 5.78 Å². The van der Waals surface area contributed by atoms with E-state index in [4.69, 9.17) is 0 Å². The Balaban J connectivity index is 1.56. The van der Waals surface area contributed by atoms with Crippen molar-refractivity contribution in [2.75, 3.05) is 4.90 Å². The largest absolute Gasteiger partial charge is 0.363 e. The zero-order chi connectivity index (χ0) is 19.7. The Hall–Kier alpha value is -3.27. The summed E-state index contributed by atoms with van der Waals surface area (Å²) in [5, 5.41) is 8.78. The first-order valence-corrected chi connectivity index (χ1v) is 9.47. The number of benzene rings is 3. The molecule has 0 aliphatic carbocycles. The molecular formula is C24H23N3O. The average Bonchev–Trinajstić information content (AvgIpc) is 3.13. The van der Waals surface area contributed by atoms with E-state index in [1.807, 2.05) is 18.2 Å². The summed E-state index contributed by atoms with van der Waals surface area (Å²) in [5.74, 6) is 0.0506. The molecule has 4 rings (SSSR count). The fourth-order valence-electron chi connectivity index (χ4n) is 3.62. The first-order chi connectivity index (χ1) is 13.5. The Kier molecular flexibility index (Phi) is 4.78. The van der Waals surface area contributed by atoms with Gasteiger partial charge in [-0.3, -0.25) is 4.79 Å². The number of rotatable bonds is 4. The lowest BCUT2D eigenvalue weighted by atomic mass is 10.1. The van der Waals surface area contributed by atoms with Gasteiger partial charge in [-0.15, -0.1) is 0 Å². The molecule has 0 fully saturated rings. The van der Waals surface area contributed by atoms with Gasteiger partial charge in [0.25, 0.3) is 0 Å². The van der Waals surface area contributed by atoms with Crippen LogP contribution in [0.15, 0.2) is 70.9 Å². The van der Waals surface area contributed by atoms with Gasteiger partial charge in [-0.05, 0) is 79.4 Å². The lowest BCUT2D eigenvalue weighted by molar-refractivity contribution is 0.101. The number of azo groups is 1. The monoisotopic (exact) mass is 369 g/mol. The predicted molar refractivity (Wildman–Crippen MR) is 113 cm³/mol. The van der Waals surface area contributed by atoms with Gasteiger partial charge in [0.1, 0.15) is 0 Å². The normalized spacial score (nSPS) is 13.2. The van der Waals surface area contributed by atoms with Crippen LogP contribution in [0.5, 0.6) is 0 Å². The van der Waals surface area contributed by atoms with Gasteiger partial charge >= 0.3 is 0 Å². The first kappa shape index (κ1) is 18.1. The van der Waals surface area contributed by atoms with E-state index in [9.17, 15) is 4.79 Å². The van der Waals surface area contributed by atoms with Crippen molar-refractivity contribution in [1.82, 2.24) is 0 Å². The van der Waals surface area contributed by atoms with Crippen molar-refractivity contribution < 1.29 is 4.79 Å². The second kappa shape index (κ2) is 7.39. The molecule has 0 N–H and O–H groups in total. The molecular weight excluding hydrogens is 346 g/mol. The summed E-state index contributed by atoms with van der Waals surface area (Å²) in [6.07, 6.45) is 0. The SMILES string of the molecule is CC(=O)c1ccc(N=Nc2ccc(N3Cc4ccccc4C3)c(C)c2C)cc1. The van der Waals surface area contributed by atoms with Gasteiger partial charge in [0.05, 0.1) is 11.4 Å². The van der Waals surface area contributed by atoms with Crippen LogP contribution < -0.4 is 4.90 Å². The van der Waals surface area contributed by atoms with E-state index in [0.29, 0.717) is 5.56 Å². The number of Topliss-reactive ketones (excluding diaryl/α,β-unsaturated/α-hetero) is 1. The summed E-state index contributed by atoms with van der Waals surface area (Å²) in [4.78, 5) is 13.8. The van der Waals surface area contributed by atoms with Crippen molar-refractivity contribution in [2.45, 2.75) is 33.9 Å². The van der Waals surface area contributed by atoms with Gasteiger partial charge in [0.15, 0.2) is 5.78 Å². The quantitative estimate of drug-likeness (QED) is 0.392.